The molecule has 0 unspecified atom stereocenters. The van der Waals surface area contributed by atoms with Crippen LogP contribution in [-0.4, -0.2) is 31.5 Å². The molecule has 0 aromatic rings. The third kappa shape index (κ3) is 1.91. The lowest BCUT2D eigenvalue weighted by Crippen LogP contribution is -2.36. The first kappa shape index (κ1) is 7.40. The molecule has 58 valence electrons. The number of hydrogen-bond acceptors (Lipinski definition) is 2. The average Bonchev–Trinajstić information content (AvgIpc) is 1.94. The number of alkyl halides is 2. The minimum absolute atomic E-state index is 0.0183. The lowest BCUT2D eigenvalue weighted by molar-refractivity contribution is -0.120. The first-order chi connectivity index (χ1) is 4.60. The Hall–Kier alpha value is -0.710. The molecule has 1 aliphatic heterocycles. The molecule has 0 radical (unpaired) electrons. The summed E-state index contributed by atoms with van der Waals surface area (Å²) in [6.45, 7) is -1.000. The molecule has 1 heterocycles. The Morgan fingerprint density at radius 3 is 2.80 bits per heavy atom. The van der Waals surface area contributed by atoms with Crippen molar-refractivity contribution in [3.05, 3.63) is 0 Å². The quantitative estimate of drug-likeness (QED) is 0.481. The molecule has 0 atom stereocenters. The van der Waals surface area contributed by atoms with Gasteiger partial charge in [0.1, 0.15) is 0 Å². The number of carbonyl (C=O) groups excluding carboxylic acids is 1. The van der Waals surface area contributed by atoms with Crippen molar-refractivity contribution < 1.29 is 13.6 Å². The van der Waals surface area contributed by atoms with E-state index in [1.807, 2.05) is 0 Å². The highest BCUT2D eigenvalue weighted by Crippen LogP contribution is 2.10. The van der Waals surface area contributed by atoms with E-state index in [0.29, 0.717) is 0 Å². The van der Waals surface area contributed by atoms with Crippen LogP contribution in [0.1, 0.15) is 0 Å². The van der Waals surface area contributed by atoms with Crippen LogP contribution in [0.15, 0.2) is 0 Å². The SMILES string of the molecule is O=C1CNCC(F)(F)CN1. The van der Waals surface area contributed by atoms with E-state index in [2.05, 4.69) is 10.6 Å². The highest BCUT2D eigenvalue weighted by Gasteiger charge is 2.31. The van der Waals surface area contributed by atoms with Crippen molar-refractivity contribution in [1.82, 2.24) is 10.6 Å². The Labute approximate surface area is 56.8 Å². The minimum atomic E-state index is -2.80. The number of halogens is 2. The molecule has 0 aliphatic carbocycles. The standard InChI is InChI=1S/C5H8F2N2O/c6-5(7)2-8-1-4(10)9-3-5/h8H,1-3H2,(H,9,10). The van der Waals surface area contributed by atoms with Crippen molar-refractivity contribution in [2.24, 2.45) is 0 Å². The Balaban J connectivity index is 2.48. The van der Waals surface area contributed by atoms with E-state index in [0.717, 1.165) is 0 Å². The summed E-state index contributed by atoms with van der Waals surface area (Å²) in [6, 6.07) is 0. The fraction of sp³-hybridized carbons (Fsp3) is 0.800. The lowest BCUT2D eigenvalue weighted by atomic mass is 10.3. The molecule has 3 nitrogen and oxygen atoms in total. The molecule has 1 rings (SSSR count). The van der Waals surface area contributed by atoms with Gasteiger partial charge in [-0.25, -0.2) is 8.78 Å². The van der Waals surface area contributed by atoms with Gasteiger partial charge in [0, 0.05) is 0 Å². The predicted molar refractivity (Wildman–Crippen MR) is 30.8 cm³/mol. The number of hydrogen-bond donors (Lipinski definition) is 2. The van der Waals surface area contributed by atoms with E-state index >= 15 is 0 Å². The van der Waals surface area contributed by atoms with Gasteiger partial charge >= 0.3 is 0 Å². The Morgan fingerprint density at radius 1 is 1.40 bits per heavy atom. The topological polar surface area (TPSA) is 41.1 Å². The van der Waals surface area contributed by atoms with Crippen molar-refractivity contribution in [2.75, 3.05) is 19.6 Å². The number of amides is 1. The molecule has 0 saturated carbocycles. The van der Waals surface area contributed by atoms with E-state index in [1.54, 1.807) is 0 Å². The fourth-order valence-corrected chi connectivity index (χ4v) is 0.712. The molecule has 0 spiro atoms. The summed E-state index contributed by atoms with van der Waals surface area (Å²) in [5.74, 6) is -3.18. The van der Waals surface area contributed by atoms with Crippen molar-refractivity contribution >= 4 is 5.91 Å². The summed E-state index contributed by atoms with van der Waals surface area (Å²) < 4.78 is 24.7. The molecule has 1 fully saturated rings. The van der Waals surface area contributed by atoms with Crippen LogP contribution < -0.4 is 10.6 Å². The van der Waals surface area contributed by atoms with Crippen LogP contribution in [-0.2, 0) is 4.79 Å². The summed E-state index contributed by atoms with van der Waals surface area (Å²) >= 11 is 0. The van der Waals surface area contributed by atoms with Crippen LogP contribution in [0.25, 0.3) is 0 Å². The number of nitrogens with one attached hydrogen (secondary N) is 2. The molecule has 0 aromatic heterocycles. The van der Waals surface area contributed by atoms with Gasteiger partial charge in [-0.1, -0.05) is 0 Å². The van der Waals surface area contributed by atoms with Crippen molar-refractivity contribution in [2.45, 2.75) is 5.92 Å². The second kappa shape index (κ2) is 2.49. The third-order valence-corrected chi connectivity index (χ3v) is 1.21. The number of carbonyl (C=O) groups is 1. The Kier molecular flexibility index (Phi) is 1.85. The summed E-state index contributed by atoms with van der Waals surface area (Å²) in [4.78, 5) is 10.5. The van der Waals surface area contributed by atoms with E-state index in [1.165, 1.54) is 0 Å². The van der Waals surface area contributed by atoms with E-state index in [-0.39, 0.29) is 12.5 Å². The zero-order valence-corrected chi connectivity index (χ0v) is 5.29. The van der Waals surface area contributed by atoms with E-state index < -0.39 is 19.0 Å². The van der Waals surface area contributed by atoms with Gasteiger partial charge in [-0.3, -0.25) is 4.79 Å². The monoisotopic (exact) mass is 150 g/mol. The van der Waals surface area contributed by atoms with Gasteiger partial charge in [0.2, 0.25) is 5.91 Å². The maximum atomic E-state index is 12.4. The van der Waals surface area contributed by atoms with Gasteiger partial charge in [-0.15, -0.1) is 0 Å². The third-order valence-electron chi connectivity index (χ3n) is 1.21. The van der Waals surface area contributed by atoms with Crippen molar-refractivity contribution in [3.8, 4) is 0 Å². The van der Waals surface area contributed by atoms with Crippen LogP contribution >= 0.6 is 0 Å². The van der Waals surface area contributed by atoms with Crippen LogP contribution in [0.5, 0.6) is 0 Å². The van der Waals surface area contributed by atoms with Crippen LogP contribution in [0, 0.1) is 0 Å². The highest BCUT2D eigenvalue weighted by molar-refractivity contribution is 5.78. The van der Waals surface area contributed by atoms with E-state index in [9.17, 15) is 13.6 Å². The molecule has 1 aliphatic rings. The molecule has 0 aromatic carbocycles. The lowest BCUT2D eigenvalue weighted by Gasteiger charge is -2.11. The number of rotatable bonds is 0. The first-order valence-corrected chi connectivity index (χ1v) is 2.95. The average molecular weight is 150 g/mol. The van der Waals surface area contributed by atoms with Gasteiger partial charge in [-0.2, -0.15) is 0 Å². The second-order valence-electron chi connectivity index (χ2n) is 2.24. The molecule has 10 heavy (non-hydrogen) atoms. The molecular weight excluding hydrogens is 142 g/mol. The maximum Gasteiger partial charge on any atom is 0.277 e. The zero-order valence-electron chi connectivity index (χ0n) is 5.29. The van der Waals surface area contributed by atoms with E-state index in [4.69, 9.17) is 0 Å². The Morgan fingerprint density at radius 2 is 2.10 bits per heavy atom. The largest absolute Gasteiger partial charge is 0.349 e. The van der Waals surface area contributed by atoms with Gasteiger partial charge in [0.25, 0.3) is 5.92 Å². The molecule has 5 heteroatoms. The van der Waals surface area contributed by atoms with Gasteiger partial charge in [0.15, 0.2) is 0 Å². The van der Waals surface area contributed by atoms with Crippen molar-refractivity contribution in [3.63, 3.8) is 0 Å². The van der Waals surface area contributed by atoms with Crippen LogP contribution in [0.3, 0.4) is 0 Å². The summed E-state index contributed by atoms with van der Waals surface area (Å²) in [7, 11) is 0. The van der Waals surface area contributed by atoms with Gasteiger partial charge in [-0.05, 0) is 0 Å². The normalized spacial score (nSPS) is 25.2. The molecule has 1 amide bonds. The predicted octanol–water partition coefficient (Wildman–Crippen LogP) is -0.659. The molecule has 1 saturated heterocycles. The smallest absolute Gasteiger partial charge is 0.277 e. The van der Waals surface area contributed by atoms with Crippen molar-refractivity contribution in [1.29, 1.82) is 0 Å². The van der Waals surface area contributed by atoms with Gasteiger partial charge in [0.05, 0.1) is 19.6 Å². The second-order valence-corrected chi connectivity index (χ2v) is 2.24. The fourth-order valence-electron chi connectivity index (χ4n) is 0.712. The Bertz CT molecular complexity index is 149. The summed E-state index contributed by atoms with van der Waals surface area (Å²) in [5, 5.41) is 4.41. The molecule has 2 N–H and O–H groups in total. The van der Waals surface area contributed by atoms with Gasteiger partial charge < -0.3 is 10.6 Å². The summed E-state index contributed by atoms with van der Waals surface area (Å²) in [5.41, 5.74) is 0. The summed E-state index contributed by atoms with van der Waals surface area (Å²) in [6.07, 6.45) is 0. The van der Waals surface area contributed by atoms with Crippen LogP contribution in [0.2, 0.25) is 0 Å². The minimum Gasteiger partial charge on any atom is -0.349 e. The molecular formula is C5H8F2N2O. The first-order valence-electron chi connectivity index (χ1n) is 2.95. The van der Waals surface area contributed by atoms with Crippen LogP contribution in [0.4, 0.5) is 8.78 Å². The highest BCUT2D eigenvalue weighted by atomic mass is 19.3. The zero-order chi connectivity index (χ0) is 7.61. The molecule has 0 bridgehead atoms. The maximum absolute atomic E-state index is 12.4.